The van der Waals surface area contributed by atoms with E-state index in [0.29, 0.717) is 12.5 Å². The summed E-state index contributed by atoms with van der Waals surface area (Å²) in [7, 11) is 0. The Balaban J connectivity index is 1.91. The van der Waals surface area contributed by atoms with Crippen molar-refractivity contribution < 1.29 is 9.66 Å². The van der Waals surface area contributed by atoms with Crippen LogP contribution in [0.3, 0.4) is 0 Å². The molecule has 108 valence electrons. The molecule has 2 unspecified atom stereocenters. The molecule has 2 aliphatic rings. The molecule has 0 saturated heterocycles. The van der Waals surface area contributed by atoms with Crippen LogP contribution in [0.1, 0.15) is 16.4 Å². The Kier molecular flexibility index (Phi) is 3.05. The number of hydrogen-bond donors (Lipinski definition) is 1. The molecule has 0 aliphatic carbocycles. The molecule has 0 spiro atoms. The zero-order valence-corrected chi connectivity index (χ0v) is 13.1. The van der Waals surface area contributed by atoms with Crippen LogP contribution in [0.4, 0.5) is 5.69 Å². The van der Waals surface area contributed by atoms with E-state index in [1.807, 2.05) is 0 Å². The Morgan fingerprint density at radius 1 is 1.48 bits per heavy atom. The first-order valence-corrected chi connectivity index (χ1v) is 8.61. The number of thioether (sulfide) groups is 1. The quantitative estimate of drug-likeness (QED) is 0.484. The van der Waals surface area contributed by atoms with Crippen LogP contribution in [-0.2, 0) is 0 Å². The van der Waals surface area contributed by atoms with Crippen LogP contribution in [0, 0.1) is 20.0 Å². The molecule has 0 amide bonds. The maximum absolute atomic E-state index is 11.0. The summed E-state index contributed by atoms with van der Waals surface area (Å²) >= 11 is 8.57. The van der Waals surface area contributed by atoms with Gasteiger partial charge in [0.2, 0.25) is 0 Å². The molecule has 1 aromatic heterocycles. The highest BCUT2D eigenvalue weighted by molar-refractivity contribution is 7.99. The molecule has 2 aliphatic heterocycles. The molecule has 0 fully saturated rings. The Hall–Kier alpha value is -1.38. The highest BCUT2D eigenvalue weighted by Crippen LogP contribution is 2.51. The molecule has 1 aromatic carbocycles. The van der Waals surface area contributed by atoms with Gasteiger partial charge in [-0.05, 0) is 18.3 Å². The van der Waals surface area contributed by atoms with Crippen LogP contribution in [0.5, 0.6) is 5.75 Å². The van der Waals surface area contributed by atoms with Crippen molar-refractivity contribution in [3.8, 4) is 5.75 Å². The van der Waals surface area contributed by atoms with E-state index >= 15 is 0 Å². The maximum Gasteiger partial charge on any atom is 0.269 e. The summed E-state index contributed by atoms with van der Waals surface area (Å²) in [5, 5.41) is 12.1. The average molecular weight is 338 g/mol. The molecule has 2 aromatic rings. The molecule has 4 rings (SSSR count). The van der Waals surface area contributed by atoms with Gasteiger partial charge in [0.05, 0.1) is 16.6 Å². The van der Waals surface area contributed by atoms with Crippen molar-refractivity contribution in [2.45, 2.75) is 10.9 Å². The van der Waals surface area contributed by atoms with Crippen molar-refractivity contribution in [1.29, 1.82) is 0 Å². The van der Waals surface area contributed by atoms with Gasteiger partial charge < -0.3 is 9.72 Å². The lowest BCUT2D eigenvalue weighted by molar-refractivity contribution is -0.385. The van der Waals surface area contributed by atoms with Crippen molar-refractivity contribution in [1.82, 2.24) is 4.98 Å². The van der Waals surface area contributed by atoms with Gasteiger partial charge in [0.15, 0.2) is 3.95 Å². The molecule has 2 atom stereocenters. The van der Waals surface area contributed by atoms with E-state index in [9.17, 15) is 10.1 Å². The average Bonchev–Trinajstić information content (AvgIpc) is 2.86. The number of rotatable bonds is 1. The van der Waals surface area contributed by atoms with Crippen molar-refractivity contribution in [3.05, 3.63) is 42.7 Å². The van der Waals surface area contributed by atoms with Gasteiger partial charge in [0, 0.05) is 40.2 Å². The van der Waals surface area contributed by atoms with Gasteiger partial charge >= 0.3 is 0 Å². The van der Waals surface area contributed by atoms with Crippen LogP contribution in [0.25, 0.3) is 0 Å². The predicted molar refractivity (Wildman–Crippen MR) is 84.2 cm³/mol. The Morgan fingerprint density at radius 2 is 2.33 bits per heavy atom. The highest BCUT2D eigenvalue weighted by Gasteiger charge is 2.39. The molecule has 3 heterocycles. The summed E-state index contributed by atoms with van der Waals surface area (Å²) in [5.74, 6) is 2.15. The fourth-order valence-corrected chi connectivity index (χ4v) is 5.76. The van der Waals surface area contributed by atoms with E-state index in [1.165, 1.54) is 10.9 Å². The Bertz CT molecular complexity index is 798. The zero-order valence-electron chi connectivity index (χ0n) is 10.7. The Labute approximate surface area is 133 Å². The molecule has 0 radical (unpaired) electrons. The summed E-state index contributed by atoms with van der Waals surface area (Å²) in [4.78, 5) is 15.1. The van der Waals surface area contributed by atoms with E-state index in [1.54, 1.807) is 35.2 Å². The third-order valence-electron chi connectivity index (χ3n) is 3.83. The number of nitro groups is 1. The van der Waals surface area contributed by atoms with Gasteiger partial charge in [-0.1, -0.05) is 0 Å². The molecule has 5 nitrogen and oxygen atoms in total. The number of nitro benzene ring substituents is 1. The maximum atomic E-state index is 11.0. The predicted octanol–water partition coefficient (Wildman–Crippen LogP) is 3.96. The third-order valence-corrected chi connectivity index (χ3v) is 6.48. The molecule has 0 saturated carbocycles. The van der Waals surface area contributed by atoms with Gasteiger partial charge in [0.1, 0.15) is 5.75 Å². The standard InChI is InChI=1S/C13H10N2O3S3/c16-15(17)7-1-2-9-8(3-7)10-6(4-18-9)5-20-12-11(10)21-13(19)14-12/h1-3,6,10H,4-5H2,(H,14,19). The van der Waals surface area contributed by atoms with E-state index in [-0.39, 0.29) is 16.5 Å². The van der Waals surface area contributed by atoms with Gasteiger partial charge in [-0.3, -0.25) is 10.1 Å². The lowest BCUT2D eigenvalue weighted by Gasteiger charge is -2.35. The number of H-pyrrole nitrogens is 1. The summed E-state index contributed by atoms with van der Waals surface area (Å²) in [6.07, 6.45) is 0. The first-order valence-electron chi connectivity index (χ1n) is 6.40. The molecule has 0 bridgehead atoms. The van der Waals surface area contributed by atoms with Crippen LogP contribution < -0.4 is 4.74 Å². The van der Waals surface area contributed by atoms with Crippen molar-refractivity contribution >= 4 is 41.0 Å². The second-order valence-corrected chi connectivity index (χ2v) is 7.80. The SMILES string of the molecule is O=[N+]([O-])c1ccc2c(c1)C1c3sc(=S)[nH]c3SCC1CO2. The number of nitrogens with one attached hydrogen (secondary N) is 1. The monoisotopic (exact) mass is 338 g/mol. The van der Waals surface area contributed by atoms with Crippen LogP contribution in [0.15, 0.2) is 23.2 Å². The van der Waals surface area contributed by atoms with Crippen LogP contribution in [-0.4, -0.2) is 22.3 Å². The van der Waals surface area contributed by atoms with E-state index < -0.39 is 0 Å². The molecule has 8 heteroatoms. The summed E-state index contributed by atoms with van der Waals surface area (Å²) in [5.41, 5.74) is 1.02. The molecule has 1 N–H and O–H groups in total. The third kappa shape index (κ3) is 2.09. The van der Waals surface area contributed by atoms with Crippen LogP contribution in [0.2, 0.25) is 0 Å². The second kappa shape index (κ2) is 4.82. The fraction of sp³-hybridized carbons (Fsp3) is 0.308. The van der Waals surface area contributed by atoms with Crippen molar-refractivity contribution in [3.63, 3.8) is 0 Å². The summed E-state index contributed by atoms with van der Waals surface area (Å²) in [6.45, 7) is 0.645. The second-order valence-electron chi connectivity index (χ2n) is 5.05. The number of aromatic amines is 1. The lowest BCUT2D eigenvalue weighted by Crippen LogP contribution is -2.30. The largest absolute Gasteiger partial charge is 0.493 e. The topological polar surface area (TPSA) is 68.2 Å². The minimum Gasteiger partial charge on any atom is -0.493 e. The Morgan fingerprint density at radius 3 is 3.14 bits per heavy atom. The van der Waals surface area contributed by atoms with E-state index in [2.05, 4.69) is 4.98 Å². The number of non-ortho nitro benzene ring substituents is 1. The van der Waals surface area contributed by atoms with E-state index in [0.717, 1.165) is 26.0 Å². The minimum atomic E-state index is -0.360. The first kappa shape index (κ1) is 13.3. The zero-order chi connectivity index (χ0) is 14.6. The number of hydrogen-bond acceptors (Lipinski definition) is 6. The number of nitrogens with zero attached hydrogens (tertiary/aromatic N) is 1. The molecular formula is C13H10N2O3S3. The van der Waals surface area contributed by atoms with Crippen LogP contribution >= 0.6 is 35.3 Å². The molecular weight excluding hydrogens is 328 g/mol. The van der Waals surface area contributed by atoms with Gasteiger partial charge in [-0.25, -0.2) is 0 Å². The highest BCUT2D eigenvalue weighted by atomic mass is 32.2. The van der Waals surface area contributed by atoms with Crippen molar-refractivity contribution in [2.24, 2.45) is 5.92 Å². The number of ether oxygens (including phenoxy) is 1. The normalized spacial score (nSPS) is 22.7. The van der Waals surface area contributed by atoms with Gasteiger partial charge in [-0.15, -0.1) is 23.1 Å². The summed E-state index contributed by atoms with van der Waals surface area (Å²) in [6, 6.07) is 4.85. The number of thiazole rings is 1. The van der Waals surface area contributed by atoms with E-state index in [4.69, 9.17) is 17.0 Å². The fourth-order valence-electron chi connectivity index (χ4n) is 2.90. The van der Waals surface area contributed by atoms with Gasteiger partial charge in [0.25, 0.3) is 5.69 Å². The number of aromatic nitrogens is 1. The lowest BCUT2D eigenvalue weighted by atomic mass is 9.83. The number of benzene rings is 1. The van der Waals surface area contributed by atoms with Gasteiger partial charge in [-0.2, -0.15) is 0 Å². The minimum absolute atomic E-state index is 0.108. The summed E-state index contributed by atoms with van der Waals surface area (Å²) < 4.78 is 6.54. The first-order chi connectivity index (χ1) is 10.1. The number of fused-ring (bicyclic) bond motifs is 5. The smallest absolute Gasteiger partial charge is 0.269 e. The van der Waals surface area contributed by atoms with Crippen molar-refractivity contribution in [2.75, 3.05) is 12.4 Å². The molecule has 21 heavy (non-hydrogen) atoms.